The van der Waals surface area contributed by atoms with Gasteiger partial charge in [0.05, 0.1) is 28.6 Å². The summed E-state index contributed by atoms with van der Waals surface area (Å²) in [4.78, 5) is 32.3. The van der Waals surface area contributed by atoms with Crippen molar-refractivity contribution in [3.05, 3.63) is 123 Å². The molecule has 1 aliphatic carbocycles. The summed E-state index contributed by atoms with van der Waals surface area (Å²) in [7, 11) is -4.64. The molecule has 0 unspecified atom stereocenters. The number of morpholine rings is 1. The zero-order valence-corrected chi connectivity index (χ0v) is 35.5. The zero-order chi connectivity index (χ0) is 42.9. The van der Waals surface area contributed by atoms with Crippen molar-refractivity contribution < 1.29 is 32.0 Å². The number of aromatic nitrogens is 1. The number of anilines is 2. The van der Waals surface area contributed by atoms with Crippen LogP contribution < -0.4 is 19.8 Å². The summed E-state index contributed by atoms with van der Waals surface area (Å²) in [5, 5.41) is 15.2. The minimum atomic E-state index is -4.64. The van der Waals surface area contributed by atoms with Crippen LogP contribution in [0, 0.1) is 21.3 Å². The van der Waals surface area contributed by atoms with Crippen LogP contribution in [0.1, 0.15) is 49.0 Å². The fraction of sp³-hybridized carbons (Fsp3) is 0.341. The number of aromatic amines is 1. The second kappa shape index (κ2) is 17.5. The van der Waals surface area contributed by atoms with E-state index in [0.29, 0.717) is 61.0 Å². The molecule has 3 heterocycles. The van der Waals surface area contributed by atoms with Gasteiger partial charge in [0.2, 0.25) is 0 Å². The molecule has 1 amide bonds. The Morgan fingerprint density at radius 2 is 1.72 bits per heavy atom. The van der Waals surface area contributed by atoms with E-state index in [1.807, 2.05) is 16.9 Å². The number of piperazine rings is 1. The van der Waals surface area contributed by atoms with Crippen LogP contribution in [0.2, 0.25) is 5.02 Å². The lowest BCUT2D eigenvalue weighted by Crippen LogP contribution is -2.47. The largest absolute Gasteiger partial charge is 0.453 e. The summed E-state index contributed by atoms with van der Waals surface area (Å²) < 4.78 is 56.2. The molecule has 17 heteroatoms. The third kappa shape index (κ3) is 9.68. The second-order valence-electron chi connectivity index (χ2n) is 16.4. The molecule has 14 nitrogen and oxygen atoms in total. The van der Waals surface area contributed by atoms with Gasteiger partial charge < -0.3 is 24.8 Å². The molecule has 1 aromatic heterocycles. The van der Waals surface area contributed by atoms with Crippen molar-refractivity contribution in [3.63, 3.8) is 0 Å². The minimum Gasteiger partial charge on any atom is -0.453 e. The number of amides is 1. The van der Waals surface area contributed by atoms with E-state index < -0.39 is 37.3 Å². The van der Waals surface area contributed by atoms with Gasteiger partial charge in [-0.25, -0.2) is 22.5 Å². The van der Waals surface area contributed by atoms with Crippen LogP contribution in [0.5, 0.6) is 11.5 Å². The molecule has 0 bridgehead atoms. The Bertz CT molecular complexity index is 2600. The highest BCUT2D eigenvalue weighted by Crippen LogP contribution is 2.43. The van der Waals surface area contributed by atoms with Crippen molar-refractivity contribution in [2.24, 2.45) is 5.41 Å². The molecule has 5 aromatic rings. The maximum absolute atomic E-state index is 15.4. The number of benzene rings is 4. The Balaban J connectivity index is 1.03. The van der Waals surface area contributed by atoms with Crippen molar-refractivity contribution in [1.29, 1.82) is 0 Å². The number of nitrogens with zero attached hydrogens (tertiary/aromatic N) is 4. The lowest BCUT2D eigenvalue weighted by Gasteiger charge is -2.39. The summed E-state index contributed by atoms with van der Waals surface area (Å²) in [6, 6.07) is 20.7. The number of carbonyl (C=O) groups excluding carboxylic acids is 1. The summed E-state index contributed by atoms with van der Waals surface area (Å²) in [5.74, 6) is -1.98. The molecule has 2 fully saturated rings. The molecule has 61 heavy (non-hydrogen) atoms. The monoisotopic (exact) mass is 871 g/mol. The predicted octanol–water partition coefficient (Wildman–Crippen LogP) is 8.22. The number of sulfonamides is 1. The molecule has 0 radical (unpaired) electrons. The first-order chi connectivity index (χ1) is 29.2. The number of allylic oxidation sites excluding steroid dienone is 1. The average molecular weight is 872 g/mol. The third-order valence-corrected chi connectivity index (χ3v) is 13.1. The predicted molar refractivity (Wildman–Crippen MR) is 233 cm³/mol. The van der Waals surface area contributed by atoms with E-state index in [-0.39, 0.29) is 28.2 Å². The highest BCUT2D eigenvalue weighted by atomic mass is 35.5. The first-order valence-electron chi connectivity index (χ1n) is 20.2. The topological polar surface area (TPSA) is 162 Å². The van der Waals surface area contributed by atoms with Crippen LogP contribution in [0.4, 0.5) is 21.5 Å². The first kappa shape index (κ1) is 42.2. The molecule has 320 valence electrons. The van der Waals surface area contributed by atoms with Crippen molar-refractivity contribution in [2.45, 2.75) is 38.0 Å². The molecule has 8 rings (SSSR count). The van der Waals surface area contributed by atoms with Gasteiger partial charge in [-0.2, -0.15) is 0 Å². The van der Waals surface area contributed by atoms with Crippen LogP contribution in [-0.2, 0) is 14.8 Å². The van der Waals surface area contributed by atoms with Crippen LogP contribution in [0.3, 0.4) is 0 Å². The number of hydrazine groups is 1. The molecule has 3 N–H and O–H groups in total. The smallest absolute Gasteiger partial charge is 0.295 e. The van der Waals surface area contributed by atoms with Gasteiger partial charge in [-0.15, -0.1) is 0 Å². The molecule has 2 saturated heterocycles. The Hall–Kier alpha value is -5.52. The van der Waals surface area contributed by atoms with Crippen LogP contribution in [0.25, 0.3) is 16.5 Å². The van der Waals surface area contributed by atoms with E-state index in [1.54, 1.807) is 29.4 Å². The molecule has 2 aliphatic heterocycles. The highest BCUT2D eigenvalue weighted by Gasteiger charge is 2.31. The molecule has 0 atom stereocenters. The Labute approximate surface area is 358 Å². The number of rotatable bonds is 12. The van der Waals surface area contributed by atoms with E-state index in [9.17, 15) is 23.3 Å². The Morgan fingerprint density at radius 3 is 2.46 bits per heavy atom. The molecular formula is C44H47ClFN7O7S. The van der Waals surface area contributed by atoms with Gasteiger partial charge >= 0.3 is 0 Å². The number of hydrogen-bond donors (Lipinski definition) is 3. The normalized spacial score (nSPS) is 17.7. The first-order valence-corrected chi connectivity index (χ1v) is 22.1. The van der Waals surface area contributed by atoms with Gasteiger partial charge in [0.1, 0.15) is 11.4 Å². The molecule has 4 aromatic carbocycles. The summed E-state index contributed by atoms with van der Waals surface area (Å²) in [5.41, 5.74) is 7.85. The molecule has 0 saturated carbocycles. The van der Waals surface area contributed by atoms with E-state index >= 15 is 4.39 Å². The van der Waals surface area contributed by atoms with Gasteiger partial charge in [0, 0.05) is 91.8 Å². The number of fused-ring (bicyclic) bond motifs is 1. The van der Waals surface area contributed by atoms with E-state index in [0.717, 1.165) is 45.0 Å². The van der Waals surface area contributed by atoms with E-state index in [4.69, 9.17) is 21.1 Å². The van der Waals surface area contributed by atoms with Crippen LogP contribution in [0.15, 0.2) is 95.5 Å². The summed E-state index contributed by atoms with van der Waals surface area (Å²) >= 11 is 6.23. The van der Waals surface area contributed by atoms with E-state index in [2.05, 4.69) is 46.2 Å². The van der Waals surface area contributed by atoms with Crippen molar-refractivity contribution in [1.82, 2.24) is 19.6 Å². The van der Waals surface area contributed by atoms with Crippen LogP contribution in [-0.4, -0.2) is 93.2 Å². The Kier molecular flexibility index (Phi) is 12.1. The number of nitro benzene ring substituents is 1. The number of nitrogens with one attached hydrogen (secondary N) is 3. The lowest BCUT2D eigenvalue weighted by molar-refractivity contribution is -0.384. The molecular weight excluding hydrogens is 825 g/mol. The van der Waals surface area contributed by atoms with Crippen molar-refractivity contribution in [3.8, 4) is 11.5 Å². The van der Waals surface area contributed by atoms with Gasteiger partial charge in [0.25, 0.3) is 21.6 Å². The quantitative estimate of drug-likeness (QED) is 0.0818. The second-order valence-corrected chi connectivity index (χ2v) is 18.5. The van der Waals surface area contributed by atoms with E-state index in [1.165, 1.54) is 47.0 Å². The maximum atomic E-state index is 15.4. The minimum absolute atomic E-state index is 0.0694. The SMILES string of the molecule is CC1(C)CCC(CN2CCN(c3ccc(C(=O)NS(=O)(=O)c4ccc(NN5CCOCC5)c([N+](=O)[O-])c4)c(Oc4cc5cc[nH]c5cc4F)c3)CC2)=C(c2ccc(Cl)cc2)C1. The van der Waals surface area contributed by atoms with Crippen molar-refractivity contribution >= 4 is 61.1 Å². The number of ether oxygens (including phenoxy) is 2. The standard InChI is InChI=1S/C44H47ClFN7O7S/c1-44(2)13-11-31(36(27-44)29-3-5-32(45)6-4-29)28-50-15-17-51(18-16-50)33-7-9-35(41(24-33)60-42-23-30-12-14-47-39(30)26-37(42)46)43(54)49-61(57,58)34-8-10-38(40(25-34)53(55)56)48-52-19-21-59-22-20-52/h3-10,12,14,23-26,47-48H,11,13,15-22,27-28H2,1-2H3,(H,49,54). The zero-order valence-electron chi connectivity index (χ0n) is 33.9. The van der Waals surface area contributed by atoms with Gasteiger partial charge in [-0.1, -0.05) is 43.2 Å². The number of hydrogen-bond acceptors (Lipinski definition) is 11. The van der Waals surface area contributed by atoms with Crippen molar-refractivity contribution in [2.75, 3.05) is 69.4 Å². The third-order valence-electron chi connectivity index (χ3n) is 11.6. The van der Waals surface area contributed by atoms with Gasteiger partial charge in [-0.3, -0.25) is 19.8 Å². The molecule has 3 aliphatic rings. The number of carbonyl (C=O) groups is 1. The number of H-pyrrole nitrogens is 1. The average Bonchev–Trinajstić information content (AvgIpc) is 3.69. The number of nitro groups is 1. The summed E-state index contributed by atoms with van der Waals surface area (Å²) in [6.07, 6.45) is 4.78. The maximum Gasteiger partial charge on any atom is 0.295 e. The number of halogens is 2. The van der Waals surface area contributed by atoms with Gasteiger partial charge in [-0.05, 0) is 84.3 Å². The fourth-order valence-electron chi connectivity index (χ4n) is 8.13. The summed E-state index contributed by atoms with van der Waals surface area (Å²) in [6.45, 7) is 10.1. The van der Waals surface area contributed by atoms with Crippen LogP contribution >= 0.6 is 11.6 Å². The highest BCUT2D eigenvalue weighted by molar-refractivity contribution is 7.90. The fourth-order valence-corrected chi connectivity index (χ4v) is 9.25. The van der Waals surface area contributed by atoms with Gasteiger partial charge in [0.15, 0.2) is 11.6 Å². The molecule has 0 spiro atoms. The Morgan fingerprint density at radius 1 is 0.967 bits per heavy atom. The lowest BCUT2D eigenvalue weighted by atomic mass is 9.72.